The van der Waals surface area contributed by atoms with Crippen LogP contribution in [-0.2, 0) is 76.1 Å². The lowest BCUT2D eigenvalue weighted by Crippen LogP contribution is -2.16. The van der Waals surface area contributed by atoms with E-state index < -0.39 is 94.5 Å². The molecule has 0 unspecified atom stereocenters. The van der Waals surface area contributed by atoms with E-state index in [1.165, 1.54) is 13.8 Å². The fraction of sp³-hybridized carbons (Fsp3) is 0.609. The highest BCUT2D eigenvalue weighted by Crippen LogP contribution is 2.30. The topological polar surface area (TPSA) is 213 Å². The molecule has 0 amide bonds. The van der Waals surface area contributed by atoms with Gasteiger partial charge in [0, 0.05) is 12.8 Å². The predicted molar refractivity (Wildman–Crippen MR) is 231 cm³/mol. The molecular weight excluding hydrogens is 1030 g/mol. The first kappa shape index (κ1) is 67.0. The molecule has 2 aromatic rings. The van der Waals surface area contributed by atoms with E-state index in [1.54, 1.807) is 0 Å². The van der Waals surface area contributed by atoms with Crippen LogP contribution in [0.3, 0.4) is 0 Å². The minimum Gasteiger partial charge on any atom is -0.420 e. The summed E-state index contributed by atoms with van der Waals surface area (Å²) >= 11 is 0. The molecule has 0 aliphatic rings. The monoisotopic (exact) mass is 1090 g/mol. The van der Waals surface area contributed by atoms with Crippen LogP contribution in [0.1, 0.15) is 52.4 Å². The molecule has 18 nitrogen and oxygen atoms in total. The zero-order chi connectivity index (χ0) is 55.3. The molecule has 0 radical (unpaired) electrons. The Morgan fingerprint density at radius 2 is 0.446 bits per heavy atom. The SMILES string of the molecule is CC(=O)CC(=O)CCOCCOCCOCCOCCOCCC(=O)Oc1c(F)c(F)c(F)c(F)c1F.CC(=O)CC(=O)CCOCCOCCOCCOCCOCCC(=O)Oc1c(F)c(F)c(F)c(F)c1F. The second kappa shape index (κ2) is 40.3. The molecule has 0 saturated heterocycles. The first-order valence-corrected chi connectivity index (χ1v) is 22.5. The van der Waals surface area contributed by atoms with Crippen molar-refractivity contribution >= 4 is 35.1 Å². The van der Waals surface area contributed by atoms with E-state index in [0.717, 1.165) is 0 Å². The third kappa shape index (κ3) is 29.7. The van der Waals surface area contributed by atoms with Gasteiger partial charge in [0.2, 0.25) is 69.7 Å². The van der Waals surface area contributed by atoms with Crippen molar-refractivity contribution in [1.82, 2.24) is 0 Å². The van der Waals surface area contributed by atoms with Crippen molar-refractivity contribution in [3.63, 3.8) is 0 Å². The number of carbonyl (C=O) groups excluding carboxylic acids is 6. The zero-order valence-corrected chi connectivity index (χ0v) is 40.5. The molecule has 420 valence electrons. The van der Waals surface area contributed by atoms with Crippen molar-refractivity contribution < 1.29 is 130 Å². The van der Waals surface area contributed by atoms with Gasteiger partial charge in [-0.15, -0.1) is 0 Å². The van der Waals surface area contributed by atoms with Crippen molar-refractivity contribution in [3.8, 4) is 11.5 Å². The van der Waals surface area contributed by atoms with E-state index in [1.807, 2.05) is 0 Å². The number of benzene rings is 2. The lowest BCUT2D eigenvalue weighted by molar-refractivity contribution is -0.137. The number of ether oxygens (including phenoxy) is 12. The van der Waals surface area contributed by atoms with Gasteiger partial charge in [-0.3, -0.25) is 28.8 Å². The summed E-state index contributed by atoms with van der Waals surface area (Å²) in [6, 6.07) is 0. The molecular formula is C46H58F10O18. The number of halogens is 10. The van der Waals surface area contributed by atoms with E-state index in [-0.39, 0.29) is 128 Å². The number of rotatable bonds is 42. The Morgan fingerprint density at radius 1 is 0.270 bits per heavy atom. The van der Waals surface area contributed by atoms with Gasteiger partial charge in [-0.2, -0.15) is 17.6 Å². The summed E-state index contributed by atoms with van der Waals surface area (Å²) in [5.41, 5.74) is 0. The van der Waals surface area contributed by atoms with Crippen LogP contribution in [0, 0.1) is 58.2 Å². The fourth-order valence-electron chi connectivity index (χ4n) is 5.06. The van der Waals surface area contributed by atoms with Gasteiger partial charge in [-0.1, -0.05) is 0 Å². The van der Waals surface area contributed by atoms with Gasteiger partial charge in [-0.05, 0) is 13.8 Å². The lowest BCUT2D eigenvalue weighted by Gasteiger charge is -2.09. The maximum Gasteiger partial charge on any atom is 0.313 e. The van der Waals surface area contributed by atoms with E-state index in [4.69, 9.17) is 47.4 Å². The summed E-state index contributed by atoms with van der Waals surface area (Å²) in [6.07, 6.45) is -0.775. The van der Waals surface area contributed by atoms with Crippen LogP contribution in [-0.4, -0.2) is 167 Å². The van der Waals surface area contributed by atoms with Gasteiger partial charge in [0.05, 0.1) is 158 Å². The molecule has 0 aliphatic heterocycles. The predicted octanol–water partition coefficient (Wildman–Crippen LogP) is 5.40. The van der Waals surface area contributed by atoms with Gasteiger partial charge < -0.3 is 56.8 Å². The van der Waals surface area contributed by atoms with Gasteiger partial charge in [0.15, 0.2) is 0 Å². The molecule has 0 N–H and O–H groups in total. The van der Waals surface area contributed by atoms with Crippen molar-refractivity contribution in [1.29, 1.82) is 0 Å². The van der Waals surface area contributed by atoms with Crippen molar-refractivity contribution in [2.75, 3.05) is 132 Å². The summed E-state index contributed by atoms with van der Waals surface area (Å²) in [5.74, 6) is -29.0. The Morgan fingerprint density at radius 3 is 0.649 bits per heavy atom. The molecule has 2 aromatic carbocycles. The number of ketones is 4. The van der Waals surface area contributed by atoms with Crippen molar-refractivity contribution in [3.05, 3.63) is 58.2 Å². The molecule has 0 heterocycles. The first-order chi connectivity index (χ1) is 35.3. The standard InChI is InChI=1S/2C23H29F5O9/c2*1-15(29)14-16(30)2-4-32-6-8-34-10-12-36-13-11-35-9-7-33-5-3-17(31)37-23-21(27)19(25)18(24)20(26)22(23)28/h2*2-14H2,1H3. The third-order valence-corrected chi connectivity index (χ3v) is 8.59. The fourth-order valence-corrected chi connectivity index (χ4v) is 5.06. The normalized spacial score (nSPS) is 11.1. The smallest absolute Gasteiger partial charge is 0.313 e. The summed E-state index contributed by atoms with van der Waals surface area (Å²) in [6.45, 7) is 6.80. The highest BCUT2D eigenvalue weighted by atomic mass is 19.2. The second-order valence-electron chi connectivity index (χ2n) is 14.7. The van der Waals surface area contributed by atoms with Crippen LogP contribution in [0.15, 0.2) is 0 Å². The van der Waals surface area contributed by atoms with Crippen LogP contribution in [0.2, 0.25) is 0 Å². The molecule has 0 saturated carbocycles. The van der Waals surface area contributed by atoms with E-state index in [9.17, 15) is 72.7 Å². The Hall–Kier alpha value is -5.04. The largest absolute Gasteiger partial charge is 0.420 e. The average Bonchev–Trinajstić information content (AvgIpc) is 3.35. The molecule has 2 rings (SSSR count). The molecule has 74 heavy (non-hydrogen) atoms. The highest BCUT2D eigenvalue weighted by molar-refractivity contribution is 5.98. The molecule has 0 bridgehead atoms. The Kier molecular flexibility index (Phi) is 36.5. The summed E-state index contributed by atoms with van der Waals surface area (Å²) in [7, 11) is 0. The third-order valence-electron chi connectivity index (χ3n) is 8.59. The van der Waals surface area contributed by atoms with Gasteiger partial charge in [0.1, 0.15) is 23.1 Å². The maximum absolute atomic E-state index is 13.5. The highest BCUT2D eigenvalue weighted by Gasteiger charge is 2.30. The van der Waals surface area contributed by atoms with Crippen molar-refractivity contribution in [2.45, 2.75) is 52.4 Å². The molecule has 0 spiro atoms. The van der Waals surface area contributed by atoms with Crippen LogP contribution < -0.4 is 9.47 Å². The number of hydrogen-bond donors (Lipinski definition) is 0. The van der Waals surface area contributed by atoms with Crippen LogP contribution in [0.25, 0.3) is 0 Å². The molecule has 0 aliphatic carbocycles. The molecule has 0 atom stereocenters. The molecule has 0 fully saturated rings. The van der Waals surface area contributed by atoms with E-state index >= 15 is 0 Å². The van der Waals surface area contributed by atoms with E-state index in [2.05, 4.69) is 9.47 Å². The van der Waals surface area contributed by atoms with Crippen LogP contribution in [0.4, 0.5) is 43.9 Å². The average molecular weight is 1090 g/mol. The lowest BCUT2D eigenvalue weighted by atomic mass is 10.2. The minimum absolute atomic E-state index is 0.0687. The summed E-state index contributed by atoms with van der Waals surface area (Å²) in [5, 5.41) is 0. The molecule has 28 heteroatoms. The van der Waals surface area contributed by atoms with Gasteiger partial charge >= 0.3 is 11.9 Å². The van der Waals surface area contributed by atoms with Gasteiger partial charge in [0.25, 0.3) is 0 Å². The summed E-state index contributed by atoms with van der Waals surface area (Å²) < 4.78 is 193. The quantitative estimate of drug-likeness (QED) is 0.0155. The van der Waals surface area contributed by atoms with Crippen LogP contribution >= 0.6 is 0 Å². The number of carbonyl (C=O) groups is 6. The Balaban J connectivity index is 0.000000740. The minimum atomic E-state index is -2.35. The zero-order valence-electron chi connectivity index (χ0n) is 40.5. The second-order valence-corrected chi connectivity index (χ2v) is 14.7. The van der Waals surface area contributed by atoms with E-state index in [0.29, 0.717) is 52.9 Å². The van der Waals surface area contributed by atoms with Gasteiger partial charge in [-0.25, -0.2) is 26.3 Å². The number of esters is 2. The Labute approximate surface area is 418 Å². The van der Waals surface area contributed by atoms with Crippen molar-refractivity contribution in [2.24, 2.45) is 0 Å². The maximum atomic E-state index is 13.5. The van der Waals surface area contributed by atoms with Crippen LogP contribution in [0.5, 0.6) is 11.5 Å². The number of hydrogen-bond acceptors (Lipinski definition) is 18. The molecule has 0 aromatic heterocycles. The summed E-state index contributed by atoms with van der Waals surface area (Å²) in [4.78, 5) is 67.3. The Bertz CT molecular complexity index is 1850. The number of Topliss-reactive ketones (excluding diaryl/α,β-unsaturated/α-hetero) is 4. The first-order valence-electron chi connectivity index (χ1n) is 22.5.